The van der Waals surface area contributed by atoms with Gasteiger partial charge < -0.3 is 0 Å². The molecule has 2 aromatic rings. The number of hydrogen-bond donors (Lipinski definition) is 0. The molecule has 0 spiro atoms. The number of aryl methyl sites for hydroxylation is 2. The van der Waals surface area contributed by atoms with Gasteiger partial charge in [-0.2, -0.15) is 14.6 Å². The summed E-state index contributed by atoms with van der Waals surface area (Å²) in [5.41, 5.74) is 2.95. The molecule has 15 heavy (non-hydrogen) atoms. The zero-order chi connectivity index (χ0) is 10.8. The van der Waals surface area contributed by atoms with Crippen LogP contribution in [0.4, 0.5) is 0 Å². The highest BCUT2D eigenvalue weighted by Crippen LogP contribution is 2.25. The van der Waals surface area contributed by atoms with Gasteiger partial charge in [0, 0.05) is 28.2 Å². The largest absolute Gasteiger partial charge is 0.210 e. The number of rotatable bonds is 2. The molecule has 0 radical (unpaired) electrons. The molecule has 2 rings (SSSR count). The molecule has 78 valence electrons. The van der Waals surface area contributed by atoms with Gasteiger partial charge in [-0.15, -0.1) is 0 Å². The van der Waals surface area contributed by atoms with Crippen LogP contribution in [0.1, 0.15) is 18.3 Å². The van der Waals surface area contributed by atoms with Crippen molar-refractivity contribution in [1.29, 1.82) is 0 Å². The zero-order valence-electron chi connectivity index (χ0n) is 8.36. The predicted molar refractivity (Wildman–Crippen MR) is 67.8 cm³/mol. The Bertz CT molecular complexity index is 483. The summed E-state index contributed by atoms with van der Waals surface area (Å²) >= 11 is 3.52. The number of hydrogen-bond acceptors (Lipinski definition) is 5. The fourth-order valence-corrected chi connectivity index (χ4v) is 2.58. The average molecular weight is 332 g/mol. The average Bonchev–Trinajstić information content (AvgIpc) is 2.65. The molecule has 0 aliphatic rings. The predicted octanol–water partition coefficient (Wildman–Crippen LogP) is 2.47. The maximum Gasteiger partial charge on any atom is 0.203 e. The van der Waals surface area contributed by atoms with Gasteiger partial charge in [0.05, 0.1) is 11.4 Å². The topological polar surface area (TPSA) is 51.6 Å². The molecule has 0 fully saturated rings. The van der Waals surface area contributed by atoms with E-state index in [1.165, 1.54) is 11.5 Å². The van der Waals surface area contributed by atoms with Crippen LogP contribution in [0.5, 0.6) is 0 Å². The summed E-state index contributed by atoms with van der Waals surface area (Å²) in [6, 6.07) is 2.02. The molecule has 0 atom stereocenters. The van der Waals surface area contributed by atoms with Crippen LogP contribution in [-0.4, -0.2) is 19.6 Å². The van der Waals surface area contributed by atoms with E-state index in [0.29, 0.717) is 0 Å². The van der Waals surface area contributed by atoms with Crippen molar-refractivity contribution in [1.82, 2.24) is 19.6 Å². The van der Waals surface area contributed by atoms with Crippen LogP contribution in [0, 0.1) is 10.8 Å². The number of halogens is 1. The summed E-state index contributed by atoms with van der Waals surface area (Å²) in [5, 5.41) is 9.14. The Kier molecular flexibility index (Phi) is 3.25. The first-order valence-electron chi connectivity index (χ1n) is 4.53. The molecule has 0 aliphatic heterocycles. The Hall–Kier alpha value is -0.630. The van der Waals surface area contributed by atoms with Crippen molar-refractivity contribution in [2.45, 2.75) is 20.3 Å². The van der Waals surface area contributed by atoms with Crippen LogP contribution in [0.25, 0.3) is 10.6 Å². The first-order valence-corrected chi connectivity index (χ1v) is 6.38. The highest BCUT2D eigenvalue weighted by atomic mass is 127. The van der Waals surface area contributed by atoms with Crippen molar-refractivity contribution in [3.8, 4) is 10.6 Å². The van der Waals surface area contributed by atoms with Crippen LogP contribution in [0.2, 0.25) is 0 Å². The van der Waals surface area contributed by atoms with Gasteiger partial charge in [0.15, 0.2) is 0 Å². The van der Waals surface area contributed by atoms with E-state index in [4.69, 9.17) is 0 Å². The minimum absolute atomic E-state index is 0.782. The fourth-order valence-electron chi connectivity index (χ4n) is 1.28. The van der Waals surface area contributed by atoms with Crippen molar-refractivity contribution in [2.24, 2.45) is 0 Å². The SMILES string of the molecule is CCc1nnc(C)cc1-c1nc(I)ns1. The quantitative estimate of drug-likeness (QED) is 0.793. The number of nitrogens with zero attached hydrogens (tertiary/aromatic N) is 4. The van der Waals surface area contributed by atoms with E-state index < -0.39 is 0 Å². The van der Waals surface area contributed by atoms with Gasteiger partial charge in [0.2, 0.25) is 3.83 Å². The van der Waals surface area contributed by atoms with E-state index in [9.17, 15) is 0 Å². The van der Waals surface area contributed by atoms with Gasteiger partial charge in [-0.25, -0.2) is 4.98 Å². The monoisotopic (exact) mass is 332 g/mol. The van der Waals surface area contributed by atoms with Gasteiger partial charge >= 0.3 is 0 Å². The van der Waals surface area contributed by atoms with Crippen molar-refractivity contribution in [3.05, 3.63) is 21.3 Å². The standard InChI is InChI=1S/C9H9IN4S/c1-3-7-6(4-5(2)12-13-7)8-11-9(10)14-15-8/h4H,3H2,1-2H3. The molecule has 2 heterocycles. The Balaban J connectivity index is 2.55. The van der Waals surface area contributed by atoms with Crippen LogP contribution < -0.4 is 0 Å². The van der Waals surface area contributed by atoms with E-state index in [1.807, 2.05) is 13.0 Å². The summed E-state index contributed by atoms with van der Waals surface area (Å²) in [5.74, 6) is 0. The Morgan fingerprint density at radius 3 is 2.80 bits per heavy atom. The summed E-state index contributed by atoms with van der Waals surface area (Å²) < 4.78 is 4.95. The molecule has 0 bridgehead atoms. The van der Waals surface area contributed by atoms with Crippen molar-refractivity contribution in [2.75, 3.05) is 0 Å². The highest BCUT2D eigenvalue weighted by Gasteiger charge is 2.11. The second-order valence-corrected chi connectivity index (χ2v) is 4.78. The normalized spacial score (nSPS) is 10.6. The van der Waals surface area contributed by atoms with E-state index in [0.717, 1.165) is 32.2 Å². The Morgan fingerprint density at radius 1 is 1.40 bits per heavy atom. The molecule has 4 nitrogen and oxygen atoms in total. The van der Waals surface area contributed by atoms with Crippen LogP contribution >= 0.6 is 34.1 Å². The minimum Gasteiger partial charge on any atom is -0.210 e. The second kappa shape index (κ2) is 4.48. The third-order valence-electron chi connectivity index (χ3n) is 1.96. The first-order chi connectivity index (χ1) is 7.20. The summed E-state index contributed by atoms with van der Waals surface area (Å²) in [4.78, 5) is 4.36. The van der Waals surface area contributed by atoms with Crippen molar-refractivity contribution < 1.29 is 0 Å². The summed E-state index contributed by atoms with van der Waals surface area (Å²) in [6.45, 7) is 4.00. The van der Waals surface area contributed by atoms with Gasteiger partial charge in [-0.05, 0) is 30.9 Å². The van der Waals surface area contributed by atoms with E-state index in [-0.39, 0.29) is 0 Å². The van der Waals surface area contributed by atoms with Crippen LogP contribution in [0.15, 0.2) is 6.07 Å². The van der Waals surface area contributed by atoms with Crippen molar-refractivity contribution >= 4 is 34.1 Å². The van der Waals surface area contributed by atoms with Gasteiger partial charge in [-0.1, -0.05) is 6.92 Å². The Labute approximate surface area is 105 Å². The smallest absolute Gasteiger partial charge is 0.203 e. The second-order valence-electron chi connectivity index (χ2n) is 3.07. The third kappa shape index (κ3) is 2.31. The minimum atomic E-state index is 0.782. The van der Waals surface area contributed by atoms with Gasteiger partial charge in [0.1, 0.15) is 5.01 Å². The maximum absolute atomic E-state index is 4.36. The van der Waals surface area contributed by atoms with Crippen LogP contribution in [-0.2, 0) is 6.42 Å². The highest BCUT2D eigenvalue weighted by molar-refractivity contribution is 14.1. The fraction of sp³-hybridized carbons (Fsp3) is 0.333. The van der Waals surface area contributed by atoms with Gasteiger partial charge in [-0.3, -0.25) is 0 Å². The molecule has 0 amide bonds. The van der Waals surface area contributed by atoms with Gasteiger partial charge in [0.25, 0.3) is 0 Å². The molecule has 0 N–H and O–H groups in total. The summed E-state index contributed by atoms with van der Waals surface area (Å²) in [7, 11) is 0. The lowest BCUT2D eigenvalue weighted by molar-refractivity contribution is 0.896. The molecule has 2 aromatic heterocycles. The van der Waals surface area contributed by atoms with E-state index >= 15 is 0 Å². The maximum atomic E-state index is 4.36. The molecular weight excluding hydrogens is 323 g/mol. The van der Waals surface area contributed by atoms with E-state index in [2.05, 4.69) is 49.1 Å². The first kappa shape index (κ1) is 10.9. The lowest BCUT2D eigenvalue weighted by Gasteiger charge is -2.02. The summed E-state index contributed by atoms with van der Waals surface area (Å²) in [6.07, 6.45) is 0.860. The lowest BCUT2D eigenvalue weighted by Crippen LogP contribution is -1.97. The van der Waals surface area contributed by atoms with Crippen molar-refractivity contribution in [3.63, 3.8) is 0 Å². The molecule has 0 unspecified atom stereocenters. The molecule has 0 saturated heterocycles. The van der Waals surface area contributed by atoms with Crippen LogP contribution in [0.3, 0.4) is 0 Å². The molecule has 0 aliphatic carbocycles. The third-order valence-corrected chi connectivity index (χ3v) is 3.52. The Morgan fingerprint density at radius 2 is 2.20 bits per heavy atom. The molecular formula is C9H9IN4S. The number of aromatic nitrogens is 4. The molecule has 0 aromatic carbocycles. The lowest BCUT2D eigenvalue weighted by atomic mass is 10.1. The zero-order valence-corrected chi connectivity index (χ0v) is 11.3. The molecule has 0 saturated carbocycles. The van der Waals surface area contributed by atoms with E-state index in [1.54, 1.807) is 0 Å². The molecule has 6 heteroatoms.